The Morgan fingerprint density at radius 3 is 2.42 bits per heavy atom. The molecule has 0 saturated carbocycles. The molecule has 0 bridgehead atoms. The molecule has 0 aliphatic heterocycles. The van der Waals surface area contributed by atoms with Crippen LogP contribution in [-0.2, 0) is 27.5 Å². The fraction of sp³-hybridized carbons (Fsp3) is 0.188. The van der Waals surface area contributed by atoms with Gasteiger partial charge in [-0.2, -0.15) is 13.2 Å². The fourth-order valence-corrected chi connectivity index (χ4v) is 3.41. The van der Waals surface area contributed by atoms with Crippen LogP contribution < -0.4 is 10.0 Å². The standard InChI is InChI=1S/C16H14ClF3N2O3S/c1-10(23)22-15-6-5-13(8-14(15)17)26(24,25)21-9-11-3-2-4-12(7-11)16(18,19)20/h2-8,21H,9H2,1H3,(H,22,23). The van der Waals surface area contributed by atoms with Crippen LogP contribution in [0.1, 0.15) is 18.1 Å². The molecule has 0 heterocycles. The summed E-state index contributed by atoms with van der Waals surface area (Å²) in [5.41, 5.74) is -0.461. The van der Waals surface area contributed by atoms with Crippen molar-refractivity contribution in [1.29, 1.82) is 0 Å². The Balaban J connectivity index is 2.17. The van der Waals surface area contributed by atoms with Crippen molar-refractivity contribution in [3.05, 3.63) is 58.6 Å². The summed E-state index contributed by atoms with van der Waals surface area (Å²) in [6.45, 7) is 0.953. The van der Waals surface area contributed by atoms with Gasteiger partial charge in [0, 0.05) is 13.5 Å². The molecule has 140 valence electrons. The predicted octanol–water partition coefficient (Wildman–Crippen LogP) is 3.80. The molecule has 26 heavy (non-hydrogen) atoms. The summed E-state index contributed by atoms with van der Waals surface area (Å²) < 4.78 is 64.9. The van der Waals surface area contributed by atoms with Crippen LogP contribution >= 0.6 is 11.6 Å². The lowest BCUT2D eigenvalue weighted by molar-refractivity contribution is -0.137. The third kappa shape index (κ3) is 5.20. The quantitative estimate of drug-likeness (QED) is 0.793. The van der Waals surface area contributed by atoms with E-state index in [1.807, 2.05) is 0 Å². The van der Waals surface area contributed by atoms with E-state index in [1.54, 1.807) is 0 Å². The Hall–Kier alpha value is -2.10. The number of carbonyl (C=O) groups is 1. The van der Waals surface area contributed by atoms with Crippen LogP contribution in [0.15, 0.2) is 47.4 Å². The number of rotatable bonds is 5. The zero-order valence-electron chi connectivity index (χ0n) is 13.4. The number of anilines is 1. The van der Waals surface area contributed by atoms with Crippen molar-refractivity contribution >= 4 is 33.2 Å². The summed E-state index contributed by atoms with van der Waals surface area (Å²) in [6, 6.07) is 8.04. The molecular formula is C16H14ClF3N2O3S. The largest absolute Gasteiger partial charge is 0.416 e. The Kier molecular flexibility index (Phi) is 5.94. The molecule has 5 nitrogen and oxygen atoms in total. The van der Waals surface area contributed by atoms with Gasteiger partial charge in [-0.15, -0.1) is 0 Å². The molecule has 0 saturated heterocycles. The number of amides is 1. The van der Waals surface area contributed by atoms with Gasteiger partial charge in [-0.25, -0.2) is 13.1 Å². The molecule has 0 aliphatic rings. The third-order valence-corrected chi connectivity index (χ3v) is 4.99. The molecule has 10 heteroatoms. The minimum Gasteiger partial charge on any atom is -0.325 e. The second kappa shape index (κ2) is 7.65. The number of nitrogens with one attached hydrogen (secondary N) is 2. The monoisotopic (exact) mass is 406 g/mol. The zero-order valence-corrected chi connectivity index (χ0v) is 15.0. The van der Waals surface area contributed by atoms with Crippen molar-refractivity contribution in [3.8, 4) is 0 Å². The van der Waals surface area contributed by atoms with E-state index in [4.69, 9.17) is 11.6 Å². The van der Waals surface area contributed by atoms with Crippen LogP contribution in [-0.4, -0.2) is 14.3 Å². The van der Waals surface area contributed by atoms with Gasteiger partial charge in [0.1, 0.15) is 0 Å². The van der Waals surface area contributed by atoms with E-state index in [1.165, 1.54) is 31.2 Å². The summed E-state index contributed by atoms with van der Waals surface area (Å²) in [4.78, 5) is 10.8. The van der Waals surface area contributed by atoms with Crippen molar-refractivity contribution in [3.63, 3.8) is 0 Å². The normalized spacial score (nSPS) is 12.0. The smallest absolute Gasteiger partial charge is 0.325 e. The molecule has 0 aromatic heterocycles. The molecular weight excluding hydrogens is 393 g/mol. The van der Waals surface area contributed by atoms with Gasteiger partial charge in [0.25, 0.3) is 0 Å². The highest BCUT2D eigenvalue weighted by Gasteiger charge is 2.30. The van der Waals surface area contributed by atoms with E-state index in [9.17, 15) is 26.4 Å². The molecule has 0 fully saturated rings. The number of benzene rings is 2. The lowest BCUT2D eigenvalue weighted by Crippen LogP contribution is -2.23. The number of hydrogen-bond acceptors (Lipinski definition) is 3. The minimum atomic E-state index is -4.51. The Morgan fingerprint density at radius 1 is 1.15 bits per heavy atom. The van der Waals surface area contributed by atoms with Crippen LogP contribution in [0.2, 0.25) is 5.02 Å². The van der Waals surface area contributed by atoms with E-state index < -0.39 is 21.8 Å². The molecule has 0 atom stereocenters. The summed E-state index contributed by atoms with van der Waals surface area (Å²) in [5, 5.41) is 2.45. The van der Waals surface area contributed by atoms with Crippen molar-refractivity contribution in [2.45, 2.75) is 24.5 Å². The third-order valence-electron chi connectivity index (χ3n) is 3.28. The average Bonchev–Trinajstić information content (AvgIpc) is 2.54. The van der Waals surface area contributed by atoms with Gasteiger partial charge in [-0.1, -0.05) is 29.8 Å². The van der Waals surface area contributed by atoms with Crippen LogP contribution in [0, 0.1) is 0 Å². The van der Waals surface area contributed by atoms with Gasteiger partial charge in [0.2, 0.25) is 15.9 Å². The number of carbonyl (C=O) groups excluding carboxylic acids is 1. The Bertz CT molecular complexity index is 931. The number of sulfonamides is 1. The van der Waals surface area contributed by atoms with E-state index in [2.05, 4.69) is 10.0 Å². The molecule has 0 aliphatic carbocycles. The SMILES string of the molecule is CC(=O)Nc1ccc(S(=O)(=O)NCc2cccc(C(F)(F)F)c2)cc1Cl. The highest BCUT2D eigenvalue weighted by Crippen LogP contribution is 2.29. The van der Waals surface area contributed by atoms with Crippen LogP contribution in [0.3, 0.4) is 0 Å². The van der Waals surface area contributed by atoms with Gasteiger partial charge in [0.05, 0.1) is 21.2 Å². The van der Waals surface area contributed by atoms with Gasteiger partial charge in [0.15, 0.2) is 0 Å². The second-order valence-corrected chi connectivity index (χ2v) is 7.52. The number of halogens is 4. The number of alkyl halides is 3. The summed E-state index contributed by atoms with van der Waals surface area (Å²) in [7, 11) is -4.00. The topological polar surface area (TPSA) is 75.3 Å². The van der Waals surface area contributed by atoms with Crippen molar-refractivity contribution < 1.29 is 26.4 Å². The van der Waals surface area contributed by atoms with Crippen molar-refractivity contribution in [2.24, 2.45) is 0 Å². The maximum Gasteiger partial charge on any atom is 0.416 e. The first-order chi connectivity index (χ1) is 12.0. The molecule has 0 spiro atoms. The lowest BCUT2D eigenvalue weighted by Gasteiger charge is -2.11. The van der Waals surface area contributed by atoms with E-state index in [-0.39, 0.29) is 33.6 Å². The number of hydrogen-bond donors (Lipinski definition) is 2. The summed E-state index contributed by atoms with van der Waals surface area (Å²) in [6.07, 6.45) is -4.51. The van der Waals surface area contributed by atoms with Crippen molar-refractivity contribution in [1.82, 2.24) is 4.72 Å². The molecule has 0 unspecified atom stereocenters. The van der Waals surface area contributed by atoms with Crippen molar-refractivity contribution in [2.75, 3.05) is 5.32 Å². The molecule has 2 aromatic carbocycles. The van der Waals surface area contributed by atoms with Gasteiger partial charge in [-0.05, 0) is 29.8 Å². The van der Waals surface area contributed by atoms with Gasteiger partial charge < -0.3 is 5.32 Å². The van der Waals surface area contributed by atoms with Crippen LogP contribution in [0.4, 0.5) is 18.9 Å². The lowest BCUT2D eigenvalue weighted by atomic mass is 10.1. The maximum atomic E-state index is 12.7. The maximum absolute atomic E-state index is 12.7. The molecule has 1 amide bonds. The predicted molar refractivity (Wildman–Crippen MR) is 91.2 cm³/mol. The summed E-state index contributed by atoms with van der Waals surface area (Å²) >= 11 is 5.94. The van der Waals surface area contributed by atoms with E-state index in [0.29, 0.717) is 0 Å². The van der Waals surface area contributed by atoms with Crippen LogP contribution in [0.5, 0.6) is 0 Å². The Labute approximate surface area is 153 Å². The minimum absolute atomic E-state index is 0.0159. The first-order valence-corrected chi connectivity index (χ1v) is 9.08. The molecule has 0 radical (unpaired) electrons. The first-order valence-electron chi connectivity index (χ1n) is 7.22. The van der Waals surface area contributed by atoms with E-state index in [0.717, 1.165) is 18.2 Å². The summed E-state index contributed by atoms with van der Waals surface area (Å²) in [5.74, 6) is -0.370. The van der Waals surface area contributed by atoms with E-state index >= 15 is 0 Å². The van der Waals surface area contributed by atoms with Gasteiger partial charge in [-0.3, -0.25) is 4.79 Å². The van der Waals surface area contributed by atoms with Crippen LogP contribution in [0.25, 0.3) is 0 Å². The highest BCUT2D eigenvalue weighted by molar-refractivity contribution is 7.89. The zero-order chi connectivity index (χ0) is 19.5. The first kappa shape index (κ1) is 20.2. The van der Waals surface area contributed by atoms with Gasteiger partial charge >= 0.3 is 6.18 Å². The molecule has 2 rings (SSSR count). The molecule has 2 N–H and O–H groups in total. The fourth-order valence-electron chi connectivity index (χ4n) is 2.07. The Morgan fingerprint density at radius 2 is 1.85 bits per heavy atom. The second-order valence-electron chi connectivity index (χ2n) is 5.35. The highest BCUT2D eigenvalue weighted by atomic mass is 35.5. The molecule has 2 aromatic rings. The average molecular weight is 407 g/mol.